The van der Waals surface area contributed by atoms with Crippen molar-refractivity contribution in [1.29, 1.82) is 0 Å². The van der Waals surface area contributed by atoms with Gasteiger partial charge in [0.25, 0.3) is 0 Å². The van der Waals surface area contributed by atoms with E-state index in [1.54, 1.807) is 0 Å². The van der Waals surface area contributed by atoms with Crippen LogP contribution in [0.2, 0.25) is 0 Å². The fraction of sp³-hybridized carbons (Fsp3) is 0.949. The van der Waals surface area contributed by atoms with Crippen molar-refractivity contribution in [2.45, 2.75) is 225 Å². The lowest BCUT2D eigenvalue weighted by Crippen LogP contribution is -2.29. The number of esters is 2. The average molecular weight is 705 g/mol. The summed E-state index contributed by atoms with van der Waals surface area (Å²) in [5.41, 5.74) is 0. The lowest BCUT2D eigenvalue weighted by atomic mass is 10.0. The second-order valence-electron chi connectivity index (χ2n) is 14.0. The summed E-state index contributed by atoms with van der Waals surface area (Å²) < 4.78 is 26.3. The molecule has 0 aromatic carbocycles. The van der Waals surface area contributed by atoms with Crippen LogP contribution in [-0.4, -0.2) is 41.0 Å². The van der Waals surface area contributed by atoms with Gasteiger partial charge in [-0.25, -0.2) is 4.57 Å². The smallest absolute Gasteiger partial charge is 0.462 e. The van der Waals surface area contributed by atoms with E-state index in [1.165, 1.54) is 154 Å². The second kappa shape index (κ2) is 35.9. The van der Waals surface area contributed by atoms with Crippen LogP contribution in [0.1, 0.15) is 219 Å². The molecule has 0 fully saturated rings. The highest BCUT2D eigenvalue weighted by Gasteiger charge is 2.22. The summed E-state index contributed by atoms with van der Waals surface area (Å²) in [4.78, 5) is 42.7. The van der Waals surface area contributed by atoms with Gasteiger partial charge in [0, 0.05) is 12.8 Å². The summed E-state index contributed by atoms with van der Waals surface area (Å²) >= 11 is 0. The van der Waals surface area contributed by atoms with E-state index in [0.29, 0.717) is 6.42 Å². The zero-order valence-corrected chi connectivity index (χ0v) is 32.3. The molecule has 0 aromatic heterocycles. The first-order chi connectivity index (χ1) is 23.3. The fourth-order valence-corrected chi connectivity index (χ4v) is 6.44. The van der Waals surface area contributed by atoms with Crippen molar-refractivity contribution in [3.63, 3.8) is 0 Å². The Balaban J connectivity index is 3.84. The number of ether oxygens (including phenoxy) is 2. The number of hydrogen-bond donors (Lipinski definition) is 2. The topological polar surface area (TPSA) is 119 Å². The van der Waals surface area contributed by atoms with Crippen LogP contribution in [0.15, 0.2) is 0 Å². The van der Waals surface area contributed by atoms with Gasteiger partial charge >= 0.3 is 19.8 Å². The minimum absolute atomic E-state index is 0.220. The van der Waals surface area contributed by atoms with Gasteiger partial charge in [0.1, 0.15) is 6.61 Å². The molecular formula is C39H77O8P. The number of hydrogen-bond acceptors (Lipinski definition) is 6. The van der Waals surface area contributed by atoms with Crippen LogP contribution in [0.5, 0.6) is 0 Å². The van der Waals surface area contributed by atoms with Gasteiger partial charge < -0.3 is 19.3 Å². The van der Waals surface area contributed by atoms with E-state index in [9.17, 15) is 14.2 Å². The van der Waals surface area contributed by atoms with Crippen LogP contribution >= 0.6 is 7.82 Å². The third-order valence-corrected chi connectivity index (χ3v) is 9.61. The summed E-state index contributed by atoms with van der Waals surface area (Å²) in [6.45, 7) is 3.70. The van der Waals surface area contributed by atoms with Crippen LogP contribution < -0.4 is 0 Å². The lowest BCUT2D eigenvalue weighted by molar-refractivity contribution is -0.161. The maximum absolute atomic E-state index is 12.4. The Kier molecular flexibility index (Phi) is 35.2. The molecule has 0 radical (unpaired) electrons. The summed E-state index contributed by atoms with van der Waals surface area (Å²) in [5.74, 6) is -0.871. The third-order valence-electron chi connectivity index (χ3n) is 9.13. The van der Waals surface area contributed by atoms with E-state index >= 15 is 0 Å². The Hall–Kier alpha value is -0.950. The molecule has 0 saturated carbocycles. The molecule has 0 aliphatic rings. The molecule has 286 valence electrons. The highest BCUT2D eigenvalue weighted by Crippen LogP contribution is 2.36. The van der Waals surface area contributed by atoms with Crippen LogP contribution in [0.25, 0.3) is 0 Å². The molecule has 0 aliphatic carbocycles. The highest BCUT2D eigenvalue weighted by atomic mass is 31.2. The first-order valence-electron chi connectivity index (χ1n) is 20.3. The van der Waals surface area contributed by atoms with E-state index in [-0.39, 0.29) is 19.4 Å². The maximum Gasteiger partial charge on any atom is 0.469 e. The van der Waals surface area contributed by atoms with Gasteiger partial charge in [-0.2, -0.15) is 0 Å². The van der Waals surface area contributed by atoms with Crippen LogP contribution in [0.3, 0.4) is 0 Å². The molecule has 0 saturated heterocycles. The quantitative estimate of drug-likeness (QED) is 0.0370. The van der Waals surface area contributed by atoms with E-state index in [0.717, 1.165) is 32.1 Å². The van der Waals surface area contributed by atoms with Crippen molar-refractivity contribution in [3.8, 4) is 0 Å². The Morgan fingerprint density at radius 3 is 1.06 bits per heavy atom. The van der Waals surface area contributed by atoms with Crippen molar-refractivity contribution in [1.82, 2.24) is 0 Å². The predicted octanol–water partition coefficient (Wildman–Crippen LogP) is 12.1. The maximum atomic E-state index is 12.4. The van der Waals surface area contributed by atoms with Crippen molar-refractivity contribution in [2.24, 2.45) is 0 Å². The molecule has 8 nitrogen and oxygen atoms in total. The summed E-state index contributed by atoms with van der Waals surface area (Å²) in [5, 5.41) is 0. The van der Waals surface area contributed by atoms with Crippen molar-refractivity contribution >= 4 is 19.8 Å². The SMILES string of the molecule is CCCCCCCCCCCCCCCCCCCCCC(=O)OC(COC(=O)CCCCCCCCCCCCC)COP(=O)(O)O. The van der Waals surface area contributed by atoms with Crippen LogP contribution in [-0.2, 0) is 28.2 Å². The number of carbonyl (C=O) groups is 2. The minimum atomic E-state index is -4.74. The number of carbonyl (C=O) groups excluding carboxylic acids is 2. The Labute approximate surface area is 295 Å². The van der Waals surface area contributed by atoms with Crippen molar-refractivity contribution in [3.05, 3.63) is 0 Å². The normalized spacial score (nSPS) is 12.3. The van der Waals surface area contributed by atoms with Crippen LogP contribution in [0.4, 0.5) is 0 Å². The zero-order chi connectivity index (χ0) is 35.4. The first kappa shape index (κ1) is 47.0. The van der Waals surface area contributed by atoms with Gasteiger partial charge in [-0.15, -0.1) is 0 Å². The van der Waals surface area contributed by atoms with Gasteiger partial charge in [-0.1, -0.05) is 194 Å². The largest absolute Gasteiger partial charge is 0.469 e. The Bertz CT molecular complexity index is 756. The zero-order valence-electron chi connectivity index (χ0n) is 31.4. The third kappa shape index (κ3) is 37.9. The molecule has 0 aromatic rings. The molecule has 0 amide bonds. The van der Waals surface area contributed by atoms with Gasteiger partial charge in [0.15, 0.2) is 6.10 Å². The van der Waals surface area contributed by atoms with Crippen LogP contribution in [0, 0.1) is 0 Å². The minimum Gasteiger partial charge on any atom is -0.462 e. The lowest BCUT2D eigenvalue weighted by Gasteiger charge is -2.18. The molecule has 0 heterocycles. The molecular weight excluding hydrogens is 627 g/mol. The van der Waals surface area contributed by atoms with E-state index in [4.69, 9.17) is 19.3 Å². The van der Waals surface area contributed by atoms with Crippen molar-refractivity contribution < 1.29 is 37.9 Å². The molecule has 1 unspecified atom stereocenters. The second-order valence-corrected chi connectivity index (χ2v) is 15.2. The predicted molar refractivity (Wildman–Crippen MR) is 198 cm³/mol. The molecule has 0 aliphatic heterocycles. The highest BCUT2D eigenvalue weighted by molar-refractivity contribution is 7.46. The van der Waals surface area contributed by atoms with E-state index in [2.05, 4.69) is 18.4 Å². The molecule has 9 heteroatoms. The van der Waals surface area contributed by atoms with Gasteiger partial charge in [-0.05, 0) is 12.8 Å². The summed E-state index contributed by atoms with van der Waals surface area (Å²) in [7, 11) is -4.74. The Morgan fingerprint density at radius 1 is 0.458 bits per heavy atom. The molecule has 48 heavy (non-hydrogen) atoms. The Morgan fingerprint density at radius 2 is 0.750 bits per heavy atom. The van der Waals surface area contributed by atoms with E-state index < -0.39 is 32.5 Å². The van der Waals surface area contributed by atoms with Gasteiger partial charge in [0.2, 0.25) is 0 Å². The fourth-order valence-electron chi connectivity index (χ4n) is 6.08. The summed E-state index contributed by atoms with van der Waals surface area (Å²) in [6.07, 6.45) is 36.8. The average Bonchev–Trinajstić information content (AvgIpc) is 3.05. The number of phosphoric acid groups is 1. The monoisotopic (exact) mass is 705 g/mol. The first-order valence-corrected chi connectivity index (χ1v) is 21.9. The standard InChI is InChI=1S/C39H77O8P/c1-3-5-7-9-11-13-15-16-17-18-19-20-21-22-24-26-28-30-32-34-39(41)47-37(36-46-48(42,43)44)35-45-38(40)33-31-29-27-25-23-14-12-10-8-6-4-2/h37H,3-36H2,1-2H3,(H2,42,43,44). The van der Waals surface area contributed by atoms with Gasteiger partial charge in [0.05, 0.1) is 6.61 Å². The number of phosphoric ester groups is 1. The number of rotatable bonds is 38. The molecule has 0 spiro atoms. The molecule has 0 bridgehead atoms. The van der Waals surface area contributed by atoms with Gasteiger partial charge in [-0.3, -0.25) is 14.1 Å². The molecule has 0 rings (SSSR count). The van der Waals surface area contributed by atoms with Crippen molar-refractivity contribution in [2.75, 3.05) is 13.2 Å². The molecule has 1 atom stereocenters. The summed E-state index contributed by atoms with van der Waals surface area (Å²) in [6, 6.07) is 0. The number of unbranched alkanes of at least 4 members (excludes halogenated alkanes) is 28. The van der Waals surface area contributed by atoms with E-state index in [1.807, 2.05) is 0 Å². The molecule has 2 N–H and O–H groups in total.